The minimum absolute atomic E-state index is 0. The van der Waals surface area contributed by atoms with Gasteiger partial charge in [0.2, 0.25) is 0 Å². The summed E-state index contributed by atoms with van der Waals surface area (Å²) >= 11 is 0. The van der Waals surface area contributed by atoms with Crippen LogP contribution >= 0.6 is 38.3 Å². The molecular formula is C3H20P4. The second-order valence-electron chi connectivity index (χ2n) is 0. The third kappa shape index (κ3) is 85.4. The molecular weight excluding hydrogens is 160 g/mol. The Morgan fingerprint density at radius 1 is 0.714 bits per heavy atom. The Balaban J connectivity index is -0.00000000267. The number of hydrogen-bond acceptors (Lipinski definition) is 0. The lowest BCUT2D eigenvalue weighted by Gasteiger charge is -1.10. The summed E-state index contributed by atoms with van der Waals surface area (Å²) in [4.78, 5) is 0. The van der Waals surface area contributed by atoms with Crippen molar-refractivity contribution < 1.29 is 0 Å². The van der Waals surface area contributed by atoms with Crippen molar-refractivity contribution in [2.24, 2.45) is 0 Å². The third-order valence-electron chi connectivity index (χ3n) is 0. The lowest BCUT2D eigenvalue weighted by Crippen LogP contribution is -0.804. The van der Waals surface area contributed by atoms with Crippen LogP contribution in [-0.4, -0.2) is 13.3 Å². The molecule has 0 amide bonds. The van der Waals surface area contributed by atoms with E-state index in [1.54, 1.807) is 0 Å². The fourth-order valence-electron chi connectivity index (χ4n) is 0. The first kappa shape index (κ1) is 37.6. The normalized spacial score (nSPS) is 1.71. The van der Waals surface area contributed by atoms with Gasteiger partial charge in [-0.05, 0) is 0 Å². The Hall–Kier alpha value is 1.72. The first-order valence-electron chi connectivity index (χ1n) is 1.15. The van der Waals surface area contributed by atoms with E-state index in [1.165, 1.54) is 0 Å². The van der Waals surface area contributed by atoms with E-state index < -0.39 is 0 Å². The number of hydrogen-bond donors (Lipinski definition) is 0. The maximum absolute atomic E-state index is 2.42. The van der Waals surface area contributed by atoms with Gasteiger partial charge in [0.1, 0.15) is 0 Å². The summed E-state index contributed by atoms with van der Waals surface area (Å²) in [5.41, 5.74) is 0. The molecule has 0 spiro atoms. The molecule has 0 aromatic heterocycles. The maximum atomic E-state index is 2.42. The molecule has 0 heterocycles. The molecule has 0 fully saturated rings. The van der Waals surface area contributed by atoms with Gasteiger partial charge in [-0.15, -0.1) is 18.5 Å². The maximum Gasteiger partial charge on any atom is -0.0500 e. The Morgan fingerprint density at radius 3 is 0.714 bits per heavy atom. The van der Waals surface area contributed by atoms with Gasteiger partial charge in [0.25, 0.3) is 0 Å². The Bertz CT molecular complexity index is 6.90. The molecule has 0 N–H and O–H groups in total. The van der Waals surface area contributed by atoms with Crippen LogP contribution in [-0.2, 0) is 0 Å². The average Bonchev–Trinajstić information content (AvgIpc) is 1.50. The molecule has 4 heteroatoms. The van der Waals surface area contributed by atoms with Gasteiger partial charge in [0, 0.05) is 0 Å². The largest absolute Gasteiger partial charge is 0.153 e. The molecule has 0 radical (unpaired) electrons. The predicted octanol–water partition coefficient (Wildman–Crippen LogP) is 1.73. The lowest BCUT2D eigenvalue weighted by molar-refractivity contribution is 2.50. The van der Waals surface area contributed by atoms with Gasteiger partial charge in [0.05, 0.1) is 0 Å². The molecule has 7 heavy (non-hydrogen) atoms. The van der Waals surface area contributed by atoms with Crippen LogP contribution in [0.15, 0.2) is 0 Å². The summed E-state index contributed by atoms with van der Waals surface area (Å²) < 4.78 is 0. The molecule has 0 aliphatic carbocycles. The predicted molar refractivity (Wildman–Crippen MR) is 60.2 cm³/mol. The van der Waals surface area contributed by atoms with E-state index in [2.05, 4.69) is 18.5 Å². The Labute approximate surface area is 59.6 Å². The summed E-state index contributed by atoms with van der Waals surface area (Å²) in [6.07, 6.45) is 0. The van der Waals surface area contributed by atoms with E-state index in [4.69, 9.17) is 0 Å². The molecule has 4 atom stereocenters. The summed E-state index contributed by atoms with van der Waals surface area (Å²) in [6.45, 7) is 3.83. The van der Waals surface area contributed by atoms with Crippen molar-refractivity contribution in [3.8, 4) is 0 Å². The van der Waals surface area contributed by atoms with Crippen molar-refractivity contribution in [2.45, 2.75) is 7.43 Å². The molecule has 0 saturated carbocycles. The van der Waals surface area contributed by atoms with Crippen LogP contribution < -0.4 is 0 Å². The van der Waals surface area contributed by atoms with E-state index in [1.807, 2.05) is 13.3 Å². The highest BCUT2D eigenvalue weighted by atomic mass is 31.0. The molecule has 0 saturated heterocycles. The Kier molecular flexibility index (Phi) is 632. The van der Waals surface area contributed by atoms with Gasteiger partial charge in [0.15, 0.2) is 0 Å². The van der Waals surface area contributed by atoms with Gasteiger partial charge in [-0.2, -0.15) is 19.8 Å². The van der Waals surface area contributed by atoms with Crippen molar-refractivity contribution in [3.05, 3.63) is 0 Å². The standard InChI is InChI=1S/2CH5P.CH4.2H3P/c2*1-2;;;/h2*2H2,1H3;1H4;2*1H3. The summed E-state index contributed by atoms with van der Waals surface area (Å²) in [7, 11) is 4.83. The molecule has 52 valence electrons. The van der Waals surface area contributed by atoms with Crippen molar-refractivity contribution in [1.29, 1.82) is 0 Å². The third-order valence-corrected chi connectivity index (χ3v) is 0. The van der Waals surface area contributed by atoms with Crippen LogP contribution in [0.4, 0.5) is 0 Å². The van der Waals surface area contributed by atoms with Crippen molar-refractivity contribution >= 4 is 38.3 Å². The van der Waals surface area contributed by atoms with Crippen molar-refractivity contribution in [2.75, 3.05) is 13.3 Å². The smallest absolute Gasteiger partial charge is 0.0500 e. The van der Waals surface area contributed by atoms with Crippen LogP contribution in [0.25, 0.3) is 0 Å². The van der Waals surface area contributed by atoms with Gasteiger partial charge in [-0.3, -0.25) is 0 Å². The Morgan fingerprint density at radius 2 is 0.714 bits per heavy atom. The van der Waals surface area contributed by atoms with E-state index in [9.17, 15) is 0 Å². The zero-order valence-electron chi connectivity index (χ0n) is 4.57. The van der Waals surface area contributed by atoms with Gasteiger partial charge in [-0.25, -0.2) is 0 Å². The molecule has 0 aromatic carbocycles. The topological polar surface area (TPSA) is 0 Å². The van der Waals surface area contributed by atoms with E-state index >= 15 is 0 Å². The summed E-state index contributed by atoms with van der Waals surface area (Å²) in [5, 5.41) is 0. The first-order valence-corrected chi connectivity index (χ1v) is 3.46. The quantitative estimate of drug-likeness (QED) is 0.498. The van der Waals surface area contributed by atoms with Crippen molar-refractivity contribution in [3.63, 3.8) is 0 Å². The number of rotatable bonds is 0. The van der Waals surface area contributed by atoms with Crippen LogP contribution in [0.5, 0.6) is 0 Å². The van der Waals surface area contributed by atoms with Crippen molar-refractivity contribution in [1.82, 2.24) is 0 Å². The summed E-state index contributed by atoms with van der Waals surface area (Å²) in [6, 6.07) is 0. The second-order valence-corrected chi connectivity index (χ2v) is 0. The molecule has 0 aliphatic heterocycles. The monoisotopic (exact) mass is 180 g/mol. The lowest BCUT2D eigenvalue weighted by atomic mass is 12.0. The SMILES string of the molecule is C.CP.CP.P.P. The van der Waals surface area contributed by atoms with Crippen LogP contribution in [0, 0.1) is 0 Å². The van der Waals surface area contributed by atoms with Gasteiger partial charge >= 0.3 is 0 Å². The molecule has 4 unspecified atom stereocenters. The van der Waals surface area contributed by atoms with Crippen LogP contribution in [0.1, 0.15) is 7.43 Å². The molecule has 0 nitrogen and oxygen atoms in total. The minimum atomic E-state index is 0. The van der Waals surface area contributed by atoms with Crippen LogP contribution in [0.2, 0.25) is 0 Å². The van der Waals surface area contributed by atoms with E-state index in [-0.39, 0.29) is 27.2 Å². The van der Waals surface area contributed by atoms with Crippen LogP contribution in [0.3, 0.4) is 0 Å². The van der Waals surface area contributed by atoms with E-state index in [0.29, 0.717) is 0 Å². The molecule has 0 rings (SSSR count). The van der Waals surface area contributed by atoms with Gasteiger partial charge in [-0.1, -0.05) is 20.8 Å². The van der Waals surface area contributed by atoms with Gasteiger partial charge < -0.3 is 0 Å². The zero-order valence-corrected chi connectivity index (χ0v) is 9.71. The highest BCUT2D eigenvalue weighted by Gasteiger charge is 0.908. The van der Waals surface area contributed by atoms with E-state index in [0.717, 1.165) is 0 Å². The average molecular weight is 180 g/mol. The molecule has 0 aliphatic rings. The molecule has 0 bridgehead atoms. The second kappa shape index (κ2) is 118. The highest BCUT2D eigenvalue weighted by Crippen LogP contribution is 1.46. The minimum Gasteiger partial charge on any atom is -0.153 e. The highest BCUT2D eigenvalue weighted by molar-refractivity contribution is 7.15. The fourth-order valence-corrected chi connectivity index (χ4v) is 0. The molecule has 0 aromatic rings. The summed E-state index contributed by atoms with van der Waals surface area (Å²) in [5.74, 6) is 0. The zero-order chi connectivity index (χ0) is 4.00. The first-order chi connectivity index (χ1) is 2.00. The fraction of sp³-hybridized carbons (Fsp3) is 1.00.